The number of carboxylic acid groups (broad SMARTS) is 2. The minimum Gasteiger partial charge on any atom is -0.479 e. The summed E-state index contributed by atoms with van der Waals surface area (Å²) >= 11 is 0. The van der Waals surface area contributed by atoms with Gasteiger partial charge in [0, 0.05) is 12.1 Å². The molecule has 0 aliphatic rings. The average Bonchev–Trinajstić information content (AvgIpc) is 2.41. The van der Waals surface area contributed by atoms with E-state index < -0.39 is 23.0 Å². The van der Waals surface area contributed by atoms with Crippen LogP contribution in [-0.4, -0.2) is 33.2 Å². The third-order valence-electron chi connectivity index (χ3n) is 2.51. The Morgan fingerprint density at radius 2 is 2.10 bits per heavy atom. The van der Waals surface area contributed by atoms with E-state index in [1.54, 1.807) is 6.92 Å². The summed E-state index contributed by atoms with van der Waals surface area (Å²) in [7, 11) is 0. The number of benzene rings is 1. The van der Waals surface area contributed by atoms with E-state index in [1.165, 1.54) is 18.2 Å². The molecule has 1 rings (SSSR count). The molecule has 0 spiro atoms. The van der Waals surface area contributed by atoms with Crippen LogP contribution in [0, 0.1) is 10.1 Å². The SMILES string of the molecule is CCC(Oc1cc(C=CC(=O)O)ccc1[N+](=O)[O-])C(=O)O. The van der Waals surface area contributed by atoms with Crippen molar-refractivity contribution in [3.63, 3.8) is 0 Å². The number of ether oxygens (including phenoxy) is 1. The molecular weight excluding hydrogens is 282 g/mol. The molecule has 1 aromatic carbocycles. The van der Waals surface area contributed by atoms with Gasteiger partial charge in [-0.1, -0.05) is 6.92 Å². The van der Waals surface area contributed by atoms with E-state index in [9.17, 15) is 19.7 Å². The highest BCUT2D eigenvalue weighted by atomic mass is 16.6. The van der Waals surface area contributed by atoms with Crippen molar-refractivity contribution in [2.45, 2.75) is 19.4 Å². The first-order chi connectivity index (χ1) is 9.85. The summed E-state index contributed by atoms with van der Waals surface area (Å²) in [6.45, 7) is 1.57. The fourth-order valence-corrected chi connectivity index (χ4v) is 1.51. The monoisotopic (exact) mass is 295 g/mol. The quantitative estimate of drug-likeness (QED) is 0.447. The highest BCUT2D eigenvalue weighted by Gasteiger charge is 2.22. The second-order valence-electron chi connectivity index (χ2n) is 4.01. The van der Waals surface area contributed by atoms with Gasteiger partial charge in [-0.3, -0.25) is 10.1 Å². The molecule has 0 amide bonds. The highest BCUT2D eigenvalue weighted by Crippen LogP contribution is 2.29. The average molecular weight is 295 g/mol. The van der Waals surface area contributed by atoms with Gasteiger partial charge < -0.3 is 14.9 Å². The number of aliphatic carboxylic acids is 2. The van der Waals surface area contributed by atoms with Crippen LogP contribution in [0.5, 0.6) is 5.75 Å². The van der Waals surface area contributed by atoms with Gasteiger partial charge in [-0.15, -0.1) is 0 Å². The molecule has 8 nitrogen and oxygen atoms in total. The van der Waals surface area contributed by atoms with E-state index in [4.69, 9.17) is 14.9 Å². The van der Waals surface area contributed by atoms with Crippen LogP contribution in [0.1, 0.15) is 18.9 Å². The lowest BCUT2D eigenvalue weighted by atomic mass is 10.1. The summed E-state index contributed by atoms with van der Waals surface area (Å²) in [5.41, 5.74) is -0.0413. The first-order valence-corrected chi connectivity index (χ1v) is 5.94. The molecule has 0 saturated heterocycles. The first kappa shape index (κ1) is 16.2. The third-order valence-corrected chi connectivity index (χ3v) is 2.51. The molecule has 0 aliphatic carbocycles. The van der Waals surface area contributed by atoms with E-state index in [1.807, 2.05) is 0 Å². The highest BCUT2D eigenvalue weighted by molar-refractivity contribution is 5.85. The number of carbonyl (C=O) groups is 2. The van der Waals surface area contributed by atoms with Crippen LogP contribution in [0.2, 0.25) is 0 Å². The molecule has 1 aromatic rings. The number of nitro benzene ring substituents is 1. The van der Waals surface area contributed by atoms with E-state index in [0.29, 0.717) is 5.56 Å². The van der Waals surface area contributed by atoms with Crippen LogP contribution in [0.3, 0.4) is 0 Å². The Hall–Kier alpha value is -2.90. The van der Waals surface area contributed by atoms with Gasteiger partial charge in [0.1, 0.15) is 0 Å². The predicted octanol–water partition coefficient (Wildman–Crippen LogP) is 1.93. The second kappa shape index (κ2) is 7.04. The Kier molecular flexibility index (Phi) is 5.41. The second-order valence-corrected chi connectivity index (χ2v) is 4.01. The topological polar surface area (TPSA) is 127 Å². The zero-order chi connectivity index (χ0) is 16.0. The van der Waals surface area contributed by atoms with Crippen molar-refractivity contribution in [3.05, 3.63) is 40.0 Å². The Labute approximate surface area is 119 Å². The number of hydrogen-bond donors (Lipinski definition) is 2. The number of hydrogen-bond acceptors (Lipinski definition) is 5. The molecule has 8 heteroatoms. The minimum absolute atomic E-state index is 0.127. The predicted molar refractivity (Wildman–Crippen MR) is 72.1 cm³/mol. The van der Waals surface area contributed by atoms with Crippen molar-refractivity contribution in [1.29, 1.82) is 0 Å². The smallest absolute Gasteiger partial charge is 0.344 e. The van der Waals surface area contributed by atoms with Crippen LogP contribution in [0.15, 0.2) is 24.3 Å². The van der Waals surface area contributed by atoms with Gasteiger partial charge in [-0.25, -0.2) is 9.59 Å². The molecular formula is C13H13NO7. The third kappa shape index (κ3) is 4.60. The molecule has 0 radical (unpaired) electrons. The van der Waals surface area contributed by atoms with Crippen LogP contribution in [0.25, 0.3) is 6.08 Å². The van der Waals surface area contributed by atoms with Gasteiger partial charge in [0.2, 0.25) is 0 Å². The van der Waals surface area contributed by atoms with Gasteiger partial charge >= 0.3 is 17.6 Å². The van der Waals surface area contributed by atoms with Crippen molar-refractivity contribution < 1.29 is 29.5 Å². The number of rotatable bonds is 7. The lowest BCUT2D eigenvalue weighted by Gasteiger charge is -2.13. The molecule has 2 N–H and O–H groups in total. The minimum atomic E-state index is -1.24. The summed E-state index contributed by atoms with van der Waals surface area (Å²) in [6.07, 6.45) is 0.990. The van der Waals surface area contributed by atoms with Gasteiger partial charge in [-0.2, -0.15) is 0 Å². The molecule has 0 bridgehead atoms. The largest absolute Gasteiger partial charge is 0.479 e. The van der Waals surface area contributed by atoms with E-state index in [-0.39, 0.29) is 17.9 Å². The molecule has 0 saturated carbocycles. The van der Waals surface area contributed by atoms with Crippen molar-refractivity contribution in [1.82, 2.24) is 0 Å². The Morgan fingerprint density at radius 1 is 1.43 bits per heavy atom. The van der Waals surface area contributed by atoms with Crippen molar-refractivity contribution in [2.75, 3.05) is 0 Å². The molecule has 21 heavy (non-hydrogen) atoms. The maximum atomic E-state index is 10.9. The maximum absolute atomic E-state index is 10.9. The standard InChI is InChI=1S/C13H13NO7/c1-2-10(13(17)18)21-11-7-8(4-6-12(15)16)3-5-9(11)14(19)20/h3-7,10H,2H2,1H3,(H,15,16)(H,17,18). The molecule has 0 fully saturated rings. The number of carboxylic acids is 2. The number of nitrogens with zero attached hydrogens (tertiary/aromatic N) is 1. The summed E-state index contributed by atoms with van der Waals surface area (Å²) in [6, 6.07) is 3.70. The van der Waals surface area contributed by atoms with Crippen molar-refractivity contribution in [2.24, 2.45) is 0 Å². The van der Waals surface area contributed by atoms with Gasteiger partial charge in [0.15, 0.2) is 11.9 Å². The number of nitro groups is 1. The van der Waals surface area contributed by atoms with Crippen LogP contribution >= 0.6 is 0 Å². The van der Waals surface area contributed by atoms with Crippen molar-refractivity contribution >= 4 is 23.7 Å². The molecule has 1 atom stereocenters. The summed E-state index contributed by atoms with van der Waals surface area (Å²) in [5.74, 6) is -2.63. The summed E-state index contributed by atoms with van der Waals surface area (Å²) in [4.78, 5) is 31.6. The first-order valence-electron chi connectivity index (χ1n) is 5.94. The Balaban J connectivity index is 3.18. The van der Waals surface area contributed by atoms with Gasteiger partial charge in [0.05, 0.1) is 4.92 Å². The zero-order valence-corrected chi connectivity index (χ0v) is 11.1. The molecule has 1 unspecified atom stereocenters. The summed E-state index contributed by atoms with van der Waals surface area (Å²) in [5, 5.41) is 28.4. The van der Waals surface area contributed by atoms with E-state index >= 15 is 0 Å². The lowest BCUT2D eigenvalue weighted by Crippen LogP contribution is -2.26. The summed E-state index contributed by atoms with van der Waals surface area (Å²) < 4.78 is 5.14. The van der Waals surface area contributed by atoms with Crippen LogP contribution < -0.4 is 4.74 Å². The fourth-order valence-electron chi connectivity index (χ4n) is 1.51. The van der Waals surface area contributed by atoms with E-state index in [2.05, 4.69) is 0 Å². The fraction of sp³-hybridized carbons (Fsp3) is 0.231. The molecule has 112 valence electrons. The lowest BCUT2D eigenvalue weighted by molar-refractivity contribution is -0.386. The maximum Gasteiger partial charge on any atom is 0.344 e. The van der Waals surface area contributed by atoms with Crippen LogP contribution in [-0.2, 0) is 9.59 Å². The molecule has 0 aromatic heterocycles. The molecule has 0 aliphatic heterocycles. The van der Waals surface area contributed by atoms with Crippen LogP contribution in [0.4, 0.5) is 5.69 Å². The Bertz CT molecular complexity index is 594. The van der Waals surface area contributed by atoms with Gasteiger partial charge in [-0.05, 0) is 30.2 Å². The van der Waals surface area contributed by atoms with E-state index in [0.717, 1.165) is 12.1 Å². The molecule has 0 heterocycles. The van der Waals surface area contributed by atoms with Crippen molar-refractivity contribution in [3.8, 4) is 5.75 Å². The Morgan fingerprint density at radius 3 is 2.57 bits per heavy atom. The zero-order valence-electron chi connectivity index (χ0n) is 11.1. The normalized spacial score (nSPS) is 12.0. The van der Waals surface area contributed by atoms with Gasteiger partial charge in [0.25, 0.3) is 0 Å².